The molecule has 1 aromatic heterocycles. The Labute approximate surface area is 161 Å². The Bertz CT molecular complexity index is 932. The molecule has 2 aromatic carbocycles. The molecule has 4 nitrogen and oxygen atoms in total. The number of carbonyl (C=O) groups excluding carboxylic acids is 1. The number of hydrogen-bond donors (Lipinski definition) is 0. The summed E-state index contributed by atoms with van der Waals surface area (Å²) in [5.41, 5.74) is 3.19. The molecule has 0 amide bonds. The van der Waals surface area contributed by atoms with Gasteiger partial charge >= 0.3 is 5.97 Å². The van der Waals surface area contributed by atoms with E-state index in [0.717, 1.165) is 16.7 Å². The van der Waals surface area contributed by atoms with Crippen LogP contribution < -0.4 is 4.74 Å². The van der Waals surface area contributed by atoms with Crippen molar-refractivity contribution < 1.29 is 9.53 Å². The van der Waals surface area contributed by atoms with E-state index in [0.29, 0.717) is 16.7 Å². The third-order valence-corrected chi connectivity index (χ3v) is 4.87. The van der Waals surface area contributed by atoms with E-state index >= 15 is 0 Å². The van der Waals surface area contributed by atoms with E-state index < -0.39 is 5.97 Å². The second-order valence-electron chi connectivity index (χ2n) is 5.78. The van der Waals surface area contributed by atoms with Gasteiger partial charge in [0.05, 0.1) is 11.2 Å². The molecule has 0 unspecified atom stereocenters. The molecular weight excluding hydrogens is 368 g/mol. The lowest BCUT2D eigenvalue weighted by molar-refractivity contribution is 0.0726. The van der Waals surface area contributed by atoms with Crippen molar-refractivity contribution in [2.45, 2.75) is 24.8 Å². The van der Waals surface area contributed by atoms with Gasteiger partial charge in [-0.1, -0.05) is 71.4 Å². The predicted molar refractivity (Wildman–Crippen MR) is 104 cm³/mol. The fraction of sp³-hybridized carbons (Fsp3) is 0.150. The van der Waals surface area contributed by atoms with Gasteiger partial charge in [0.25, 0.3) is 0 Å². The summed E-state index contributed by atoms with van der Waals surface area (Å²) in [6.07, 6.45) is 1.43. The van der Waals surface area contributed by atoms with Crippen LogP contribution in [0.3, 0.4) is 0 Å². The maximum Gasteiger partial charge on any atom is 0.364 e. The minimum absolute atomic E-state index is 0.0669. The Morgan fingerprint density at radius 2 is 1.92 bits per heavy atom. The molecule has 0 aliphatic rings. The quantitative estimate of drug-likeness (QED) is 0.260. The van der Waals surface area contributed by atoms with Gasteiger partial charge in [-0.25, -0.2) is 14.8 Å². The van der Waals surface area contributed by atoms with E-state index in [1.165, 1.54) is 18.0 Å². The summed E-state index contributed by atoms with van der Waals surface area (Å²) in [5, 5.41) is 0.648. The van der Waals surface area contributed by atoms with E-state index in [2.05, 4.69) is 9.97 Å². The molecule has 0 bridgehead atoms. The molecule has 0 fully saturated rings. The van der Waals surface area contributed by atoms with Crippen molar-refractivity contribution in [3.63, 3.8) is 0 Å². The summed E-state index contributed by atoms with van der Waals surface area (Å²) in [4.78, 5) is 21.0. The van der Waals surface area contributed by atoms with Crippen molar-refractivity contribution in [1.29, 1.82) is 0 Å². The Balaban J connectivity index is 1.75. The van der Waals surface area contributed by atoms with Gasteiger partial charge in [-0.2, -0.15) is 0 Å². The molecule has 0 aliphatic carbocycles. The second kappa shape index (κ2) is 8.34. The highest BCUT2D eigenvalue weighted by atomic mass is 35.5. The predicted octanol–water partition coefficient (Wildman–Crippen LogP) is 5.26. The van der Waals surface area contributed by atoms with Crippen molar-refractivity contribution in [2.75, 3.05) is 0 Å². The maximum atomic E-state index is 12.5. The first kappa shape index (κ1) is 18.4. The van der Waals surface area contributed by atoms with Gasteiger partial charge in [0.1, 0.15) is 5.75 Å². The lowest BCUT2D eigenvalue weighted by atomic mass is 10.1. The monoisotopic (exact) mass is 384 g/mol. The minimum Gasteiger partial charge on any atom is -0.421 e. The van der Waals surface area contributed by atoms with E-state index in [9.17, 15) is 4.79 Å². The fourth-order valence-electron chi connectivity index (χ4n) is 2.35. The summed E-state index contributed by atoms with van der Waals surface area (Å²) in [5.74, 6) is 0.605. The normalized spacial score (nSPS) is 10.6. The van der Waals surface area contributed by atoms with Crippen molar-refractivity contribution in [3.8, 4) is 5.75 Å². The largest absolute Gasteiger partial charge is 0.421 e. The maximum absolute atomic E-state index is 12.5. The molecule has 1 heterocycles. The molecule has 0 atom stereocenters. The Kier molecular flexibility index (Phi) is 5.91. The number of rotatable bonds is 5. The zero-order chi connectivity index (χ0) is 18.5. The number of esters is 1. The van der Waals surface area contributed by atoms with Gasteiger partial charge in [0, 0.05) is 5.75 Å². The first-order valence-corrected chi connectivity index (χ1v) is 9.38. The van der Waals surface area contributed by atoms with Gasteiger partial charge in [-0.05, 0) is 31.0 Å². The SMILES string of the molecule is Cc1ccc(OC(=O)c2nc(SCc3ccccc3)ncc2Cl)c(C)c1. The molecule has 0 radical (unpaired) electrons. The molecule has 0 aliphatic heterocycles. The molecular formula is C20H17ClN2O2S. The highest BCUT2D eigenvalue weighted by Crippen LogP contribution is 2.24. The second-order valence-corrected chi connectivity index (χ2v) is 7.13. The third kappa shape index (κ3) is 4.62. The van der Waals surface area contributed by atoms with Gasteiger partial charge in [0.2, 0.25) is 0 Å². The number of aromatic nitrogens is 2. The molecule has 0 saturated carbocycles. The number of aryl methyl sites for hydroxylation is 2. The first-order valence-electron chi connectivity index (χ1n) is 8.01. The van der Waals surface area contributed by atoms with E-state index in [1.807, 2.05) is 56.3 Å². The number of benzene rings is 2. The summed E-state index contributed by atoms with van der Waals surface area (Å²) in [6, 6.07) is 15.6. The molecule has 6 heteroatoms. The smallest absolute Gasteiger partial charge is 0.364 e. The van der Waals surface area contributed by atoms with Crippen LogP contribution >= 0.6 is 23.4 Å². The Morgan fingerprint density at radius 1 is 1.15 bits per heavy atom. The van der Waals surface area contributed by atoms with Gasteiger partial charge < -0.3 is 4.74 Å². The van der Waals surface area contributed by atoms with Crippen LogP contribution in [0.5, 0.6) is 5.75 Å². The topological polar surface area (TPSA) is 52.1 Å². The van der Waals surface area contributed by atoms with Gasteiger partial charge in [-0.15, -0.1) is 0 Å². The van der Waals surface area contributed by atoms with E-state index in [-0.39, 0.29) is 10.7 Å². The number of hydrogen-bond acceptors (Lipinski definition) is 5. The summed E-state index contributed by atoms with van der Waals surface area (Å²) >= 11 is 7.54. The van der Waals surface area contributed by atoms with Crippen molar-refractivity contribution >= 4 is 29.3 Å². The van der Waals surface area contributed by atoms with Crippen LogP contribution in [-0.4, -0.2) is 15.9 Å². The van der Waals surface area contributed by atoms with Crippen molar-refractivity contribution in [3.05, 3.63) is 82.1 Å². The summed E-state index contributed by atoms with van der Waals surface area (Å²) in [6.45, 7) is 3.87. The molecule has 132 valence electrons. The van der Waals surface area contributed by atoms with Crippen LogP contribution in [0.4, 0.5) is 0 Å². The van der Waals surface area contributed by atoms with Crippen LogP contribution in [0.2, 0.25) is 5.02 Å². The van der Waals surface area contributed by atoms with Crippen molar-refractivity contribution in [2.24, 2.45) is 0 Å². The first-order chi connectivity index (χ1) is 12.5. The molecule has 26 heavy (non-hydrogen) atoms. The van der Waals surface area contributed by atoms with Gasteiger partial charge in [-0.3, -0.25) is 0 Å². The lowest BCUT2D eigenvalue weighted by Crippen LogP contribution is -2.13. The Hall–Kier alpha value is -2.37. The highest BCUT2D eigenvalue weighted by molar-refractivity contribution is 7.98. The third-order valence-electron chi connectivity index (χ3n) is 3.66. The molecule has 3 rings (SSSR count). The standard InChI is InChI=1S/C20H17ClN2O2S/c1-13-8-9-17(14(2)10-13)25-19(24)18-16(21)11-22-20(23-18)26-12-15-6-4-3-5-7-15/h3-11H,12H2,1-2H3. The van der Waals surface area contributed by atoms with Crippen LogP contribution in [0.15, 0.2) is 59.9 Å². The molecule has 0 saturated heterocycles. The summed E-state index contributed by atoms with van der Waals surface area (Å²) in [7, 11) is 0. The van der Waals surface area contributed by atoms with Crippen molar-refractivity contribution in [1.82, 2.24) is 9.97 Å². The summed E-state index contributed by atoms with van der Waals surface area (Å²) < 4.78 is 5.46. The highest BCUT2D eigenvalue weighted by Gasteiger charge is 2.18. The average molecular weight is 385 g/mol. The number of nitrogens with zero attached hydrogens (tertiary/aromatic N) is 2. The zero-order valence-electron chi connectivity index (χ0n) is 14.4. The number of halogens is 1. The van der Waals surface area contributed by atoms with Crippen LogP contribution in [0, 0.1) is 13.8 Å². The van der Waals surface area contributed by atoms with E-state index in [1.54, 1.807) is 6.07 Å². The minimum atomic E-state index is -0.592. The average Bonchev–Trinajstić information content (AvgIpc) is 2.64. The lowest BCUT2D eigenvalue weighted by Gasteiger charge is -2.09. The zero-order valence-corrected chi connectivity index (χ0v) is 16.0. The Morgan fingerprint density at radius 3 is 2.65 bits per heavy atom. The van der Waals surface area contributed by atoms with Crippen LogP contribution in [-0.2, 0) is 5.75 Å². The van der Waals surface area contributed by atoms with Gasteiger partial charge in [0.15, 0.2) is 10.9 Å². The van der Waals surface area contributed by atoms with E-state index in [4.69, 9.17) is 16.3 Å². The number of thioether (sulfide) groups is 1. The van der Waals surface area contributed by atoms with Crippen LogP contribution in [0.25, 0.3) is 0 Å². The molecule has 0 spiro atoms. The van der Waals surface area contributed by atoms with Crippen LogP contribution in [0.1, 0.15) is 27.2 Å². The number of carbonyl (C=O) groups is 1. The fourth-order valence-corrected chi connectivity index (χ4v) is 3.29. The molecule has 3 aromatic rings. The molecule has 0 N–H and O–H groups in total. The number of ether oxygens (including phenoxy) is 1.